The smallest absolute Gasteiger partial charge is 0.261 e. The van der Waals surface area contributed by atoms with Crippen LogP contribution in [0.2, 0.25) is 5.02 Å². The molecule has 0 fully saturated rings. The van der Waals surface area contributed by atoms with Gasteiger partial charge in [0, 0.05) is 6.20 Å². The molecule has 17 heavy (non-hydrogen) atoms. The number of alkyl halides is 3. The summed E-state index contributed by atoms with van der Waals surface area (Å²) in [6.07, 6.45) is 0.976. The Kier molecular flexibility index (Phi) is 3.81. The minimum Gasteiger partial charge on any atom is -0.261 e. The first-order valence-corrected chi connectivity index (χ1v) is 5.53. The van der Waals surface area contributed by atoms with Crippen LogP contribution in [0.15, 0.2) is 18.3 Å². The molecule has 1 aromatic heterocycles. The molecule has 6 nitrogen and oxygen atoms in total. The zero-order valence-corrected chi connectivity index (χ0v) is 9.29. The van der Waals surface area contributed by atoms with E-state index in [1.54, 1.807) is 0 Å². The molecule has 96 valence electrons. The van der Waals surface area contributed by atoms with Crippen molar-refractivity contribution in [2.75, 3.05) is 5.23 Å². The minimum absolute atomic E-state index is 0.140. The van der Waals surface area contributed by atoms with Crippen molar-refractivity contribution in [3.8, 4) is 0 Å². The predicted octanol–water partition coefficient (Wildman–Crippen LogP) is 1.71. The molecule has 0 atom stereocenters. The average Bonchev–Trinajstić information content (AvgIpc) is 2.16. The summed E-state index contributed by atoms with van der Waals surface area (Å²) in [5, 5.41) is 8.45. The monoisotopic (exact) mass is 292 g/mol. The molecule has 0 aliphatic rings. The number of halogens is 4. The number of anilines is 1. The largest absolute Gasteiger partial charge is 0.525 e. The molecule has 1 aromatic rings. The second kappa shape index (κ2) is 4.64. The van der Waals surface area contributed by atoms with Crippen LogP contribution in [0.5, 0.6) is 0 Å². The molecular formula is C6H4ClF3N2O4S. The van der Waals surface area contributed by atoms with E-state index in [9.17, 15) is 21.6 Å². The molecule has 0 spiro atoms. The van der Waals surface area contributed by atoms with Crippen molar-refractivity contribution in [3.63, 3.8) is 0 Å². The van der Waals surface area contributed by atoms with E-state index in [-0.39, 0.29) is 5.02 Å². The average molecular weight is 293 g/mol. The highest BCUT2D eigenvalue weighted by Gasteiger charge is 2.49. The van der Waals surface area contributed by atoms with Crippen molar-refractivity contribution < 1.29 is 31.1 Å². The maximum Gasteiger partial charge on any atom is 0.525 e. The van der Waals surface area contributed by atoms with E-state index in [4.69, 9.17) is 16.8 Å². The van der Waals surface area contributed by atoms with E-state index < -0.39 is 26.7 Å². The molecule has 0 aliphatic carbocycles. The number of rotatable bonds is 3. The van der Waals surface area contributed by atoms with Crippen molar-refractivity contribution in [3.05, 3.63) is 23.4 Å². The summed E-state index contributed by atoms with van der Waals surface area (Å²) < 4.78 is 60.0. The van der Waals surface area contributed by atoms with Crippen molar-refractivity contribution in [1.29, 1.82) is 0 Å². The summed E-state index contributed by atoms with van der Waals surface area (Å²) >= 11 is 5.42. The Morgan fingerprint density at radius 1 is 1.41 bits per heavy atom. The van der Waals surface area contributed by atoms with Gasteiger partial charge >= 0.3 is 15.6 Å². The van der Waals surface area contributed by atoms with Gasteiger partial charge in [0.15, 0.2) is 5.82 Å². The molecule has 0 radical (unpaired) electrons. The molecule has 11 heteroatoms. The molecule has 0 saturated heterocycles. The third-order valence-corrected chi connectivity index (χ3v) is 2.49. The van der Waals surface area contributed by atoms with Crippen LogP contribution in [0.1, 0.15) is 0 Å². The number of pyridine rings is 1. The fourth-order valence-electron chi connectivity index (χ4n) is 0.655. The standard InChI is InChI=1S/C6H4ClF3N2O4S/c7-4-1-2-5(11-3-4)12(13)16-17(14,15)6(8,9)10/h1-3,13H. The number of aromatic nitrogens is 1. The SMILES string of the molecule is O=S(=O)(ON(O)c1ccc(Cl)cn1)C(F)(F)F. The highest BCUT2D eigenvalue weighted by atomic mass is 35.5. The lowest BCUT2D eigenvalue weighted by molar-refractivity contribution is -0.0649. The number of hydrogen-bond donors (Lipinski definition) is 1. The summed E-state index contributed by atoms with van der Waals surface area (Å²) in [7, 11) is -5.95. The number of nitrogens with zero attached hydrogens (tertiary/aromatic N) is 2. The van der Waals surface area contributed by atoms with Gasteiger partial charge in [-0.2, -0.15) is 21.6 Å². The maximum atomic E-state index is 11.9. The lowest BCUT2D eigenvalue weighted by atomic mass is 10.5. The van der Waals surface area contributed by atoms with Crippen LogP contribution in [-0.2, 0) is 14.4 Å². The molecule has 1 heterocycles. The molecule has 0 saturated carbocycles. The highest BCUT2D eigenvalue weighted by Crippen LogP contribution is 2.26. The van der Waals surface area contributed by atoms with Crippen molar-refractivity contribution in [2.24, 2.45) is 0 Å². The van der Waals surface area contributed by atoms with Gasteiger partial charge in [-0.1, -0.05) is 16.8 Å². The van der Waals surface area contributed by atoms with E-state index in [1.165, 1.54) is 0 Å². The zero-order valence-electron chi connectivity index (χ0n) is 7.72. The summed E-state index contributed by atoms with van der Waals surface area (Å²) in [5.41, 5.74) is -5.65. The molecule has 0 aliphatic heterocycles. The minimum atomic E-state index is -5.95. The van der Waals surface area contributed by atoms with Gasteiger partial charge in [0.1, 0.15) is 0 Å². The fraction of sp³-hybridized carbons (Fsp3) is 0.167. The summed E-state index contributed by atoms with van der Waals surface area (Å²) in [6.45, 7) is 0. The Labute approximate surface area is 98.2 Å². The Morgan fingerprint density at radius 2 is 2.00 bits per heavy atom. The van der Waals surface area contributed by atoms with Crippen LogP contribution in [0.3, 0.4) is 0 Å². The first-order chi connectivity index (χ1) is 7.63. The van der Waals surface area contributed by atoms with Crippen LogP contribution < -0.4 is 5.23 Å². The second-order valence-corrected chi connectivity index (χ2v) is 4.54. The maximum absolute atomic E-state index is 11.9. The van der Waals surface area contributed by atoms with E-state index in [2.05, 4.69) is 9.27 Å². The molecule has 1 N–H and O–H groups in total. The van der Waals surface area contributed by atoms with Crippen LogP contribution in [0.4, 0.5) is 19.0 Å². The topological polar surface area (TPSA) is 79.7 Å². The van der Waals surface area contributed by atoms with Crippen LogP contribution >= 0.6 is 11.6 Å². The van der Waals surface area contributed by atoms with Gasteiger partial charge in [-0.25, -0.2) is 4.98 Å². The van der Waals surface area contributed by atoms with Crippen molar-refractivity contribution in [1.82, 2.24) is 4.98 Å². The third-order valence-electron chi connectivity index (χ3n) is 1.36. The van der Waals surface area contributed by atoms with E-state index in [0.717, 1.165) is 18.3 Å². The fourth-order valence-corrected chi connectivity index (χ4v) is 1.11. The first kappa shape index (κ1) is 14.0. The van der Waals surface area contributed by atoms with Crippen molar-refractivity contribution >= 4 is 27.5 Å². The zero-order chi connectivity index (χ0) is 13.3. The summed E-state index contributed by atoms with van der Waals surface area (Å²) in [6, 6.07) is 2.12. The van der Waals surface area contributed by atoms with Gasteiger partial charge in [0.05, 0.1) is 5.02 Å². The molecule has 0 amide bonds. The van der Waals surface area contributed by atoms with E-state index in [0.29, 0.717) is 0 Å². The van der Waals surface area contributed by atoms with Gasteiger partial charge in [0.2, 0.25) is 0 Å². The van der Waals surface area contributed by atoms with Crippen LogP contribution in [0.25, 0.3) is 0 Å². The van der Waals surface area contributed by atoms with E-state index in [1.807, 2.05) is 0 Å². The van der Waals surface area contributed by atoms with Gasteiger partial charge in [-0.05, 0) is 12.1 Å². The summed E-state index contributed by atoms with van der Waals surface area (Å²) in [4.78, 5) is 3.33. The summed E-state index contributed by atoms with van der Waals surface area (Å²) in [5.74, 6) is -0.581. The highest BCUT2D eigenvalue weighted by molar-refractivity contribution is 7.87. The molecule has 0 bridgehead atoms. The van der Waals surface area contributed by atoms with Crippen LogP contribution in [0, 0.1) is 0 Å². The molecule has 0 unspecified atom stereocenters. The van der Waals surface area contributed by atoms with Crippen molar-refractivity contribution in [2.45, 2.75) is 5.51 Å². The second-order valence-electron chi connectivity index (χ2n) is 2.58. The lowest BCUT2D eigenvalue weighted by Crippen LogP contribution is -2.33. The van der Waals surface area contributed by atoms with Crippen LogP contribution in [-0.4, -0.2) is 24.1 Å². The first-order valence-electron chi connectivity index (χ1n) is 3.75. The normalized spacial score (nSPS) is 12.5. The molecule has 0 aromatic carbocycles. The Morgan fingerprint density at radius 3 is 2.41 bits per heavy atom. The Balaban J connectivity index is 2.87. The third kappa shape index (κ3) is 3.43. The number of hydrogen-bond acceptors (Lipinski definition) is 6. The van der Waals surface area contributed by atoms with Gasteiger partial charge < -0.3 is 0 Å². The Bertz CT molecular complexity index is 489. The van der Waals surface area contributed by atoms with E-state index >= 15 is 0 Å². The predicted molar refractivity (Wildman–Crippen MR) is 49.6 cm³/mol. The molecule has 1 rings (SSSR count). The van der Waals surface area contributed by atoms with Gasteiger partial charge in [0.25, 0.3) is 0 Å². The lowest BCUT2D eigenvalue weighted by Gasteiger charge is -2.15. The van der Waals surface area contributed by atoms with Gasteiger partial charge in [-0.3, -0.25) is 5.21 Å². The van der Waals surface area contributed by atoms with Gasteiger partial charge in [-0.15, -0.1) is 4.28 Å². The quantitative estimate of drug-likeness (QED) is 0.675. The Hall–Kier alpha value is -1.10. The molecular weight excluding hydrogens is 289 g/mol.